The average Bonchev–Trinajstić information content (AvgIpc) is 3.03. The molecule has 1 aromatic carbocycles. The first kappa shape index (κ1) is 19.4. The van der Waals surface area contributed by atoms with Crippen molar-refractivity contribution in [3.8, 4) is 5.75 Å². The van der Waals surface area contributed by atoms with E-state index < -0.39 is 6.09 Å². The second-order valence-corrected chi connectivity index (χ2v) is 7.38. The fraction of sp³-hybridized carbons (Fsp3) is 0.353. The van der Waals surface area contributed by atoms with Gasteiger partial charge < -0.3 is 14.8 Å². The van der Waals surface area contributed by atoms with Gasteiger partial charge in [-0.1, -0.05) is 22.9 Å². The highest BCUT2D eigenvalue weighted by Gasteiger charge is 2.23. The summed E-state index contributed by atoms with van der Waals surface area (Å²) in [5.74, 6) is 0.395. The van der Waals surface area contributed by atoms with Crippen molar-refractivity contribution < 1.29 is 19.1 Å². The van der Waals surface area contributed by atoms with Crippen LogP contribution in [0, 0.1) is 0 Å². The Morgan fingerprint density at radius 2 is 2.15 bits per heavy atom. The lowest BCUT2D eigenvalue weighted by Gasteiger charge is -2.25. The first-order valence-electron chi connectivity index (χ1n) is 8.17. The van der Waals surface area contributed by atoms with Crippen LogP contribution in [-0.2, 0) is 22.5 Å². The van der Waals surface area contributed by atoms with Crippen molar-refractivity contribution in [2.45, 2.75) is 13.0 Å². The largest absolute Gasteiger partial charge is 0.495 e. The number of anilines is 2. The Balaban J connectivity index is 1.60. The van der Waals surface area contributed by atoms with Gasteiger partial charge in [0.15, 0.2) is 5.13 Å². The third-order valence-electron chi connectivity index (χ3n) is 4.01. The number of rotatable bonds is 5. The van der Waals surface area contributed by atoms with Crippen LogP contribution in [0.25, 0.3) is 0 Å². The van der Waals surface area contributed by atoms with Gasteiger partial charge in [-0.2, -0.15) is 0 Å². The Morgan fingerprint density at radius 3 is 2.89 bits per heavy atom. The fourth-order valence-corrected chi connectivity index (χ4v) is 3.95. The highest BCUT2D eigenvalue weighted by atomic mass is 35.5. The SMILES string of the molecule is COC(=O)Nc1nc2c(s1)CN(CC(=O)Nc1cc(Cl)ccc1OC)CC2. The van der Waals surface area contributed by atoms with E-state index in [1.807, 2.05) is 4.90 Å². The number of halogens is 1. The summed E-state index contributed by atoms with van der Waals surface area (Å²) >= 11 is 7.38. The van der Waals surface area contributed by atoms with Gasteiger partial charge in [-0.25, -0.2) is 9.78 Å². The number of carbonyl (C=O) groups excluding carboxylic acids is 2. The Labute approximate surface area is 165 Å². The van der Waals surface area contributed by atoms with Gasteiger partial charge in [0.05, 0.1) is 32.1 Å². The molecule has 2 N–H and O–H groups in total. The molecule has 1 aromatic heterocycles. The molecule has 0 saturated heterocycles. The summed E-state index contributed by atoms with van der Waals surface area (Å²) in [6.45, 7) is 1.53. The molecule has 1 aliphatic heterocycles. The van der Waals surface area contributed by atoms with Gasteiger partial charge in [0.25, 0.3) is 0 Å². The van der Waals surface area contributed by atoms with Crippen LogP contribution >= 0.6 is 22.9 Å². The number of nitrogens with one attached hydrogen (secondary N) is 2. The quantitative estimate of drug-likeness (QED) is 0.787. The number of carbonyl (C=O) groups is 2. The van der Waals surface area contributed by atoms with E-state index in [2.05, 4.69) is 20.4 Å². The van der Waals surface area contributed by atoms with Gasteiger partial charge in [0.1, 0.15) is 5.75 Å². The van der Waals surface area contributed by atoms with Gasteiger partial charge in [-0.3, -0.25) is 15.0 Å². The maximum atomic E-state index is 12.4. The number of ether oxygens (including phenoxy) is 2. The van der Waals surface area contributed by atoms with Crippen LogP contribution in [0.15, 0.2) is 18.2 Å². The maximum Gasteiger partial charge on any atom is 0.413 e. The molecule has 2 amide bonds. The molecule has 0 bridgehead atoms. The molecule has 0 atom stereocenters. The van der Waals surface area contributed by atoms with Crippen LogP contribution in [0.1, 0.15) is 10.6 Å². The summed E-state index contributed by atoms with van der Waals surface area (Å²) < 4.78 is 9.82. The topological polar surface area (TPSA) is 92.8 Å². The van der Waals surface area contributed by atoms with Crippen LogP contribution in [0.5, 0.6) is 5.75 Å². The van der Waals surface area contributed by atoms with E-state index in [0.717, 1.165) is 10.6 Å². The van der Waals surface area contributed by atoms with E-state index in [1.165, 1.54) is 25.6 Å². The van der Waals surface area contributed by atoms with Crippen molar-refractivity contribution in [1.29, 1.82) is 0 Å². The molecule has 0 spiro atoms. The number of amides is 2. The van der Waals surface area contributed by atoms with Crippen LogP contribution in [0.2, 0.25) is 5.02 Å². The summed E-state index contributed by atoms with van der Waals surface area (Å²) in [4.78, 5) is 31.2. The van der Waals surface area contributed by atoms with Crippen molar-refractivity contribution >= 4 is 45.8 Å². The lowest BCUT2D eigenvalue weighted by Crippen LogP contribution is -2.36. The highest BCUT2D eigenvalue weighted by Crippen LogP contribution is 2.29. The minimum atomic E-state index is -0.548. The van der Waals surface area contributed by atoms with E-state index in [4.69, 9.17) is 16.3 Å². The van der Waals surface area contributed by atoms with Crippen LogP contribution in [0.4, 0.5) is 15.6 Å². The van der Waals surface area contributed by atoms with Crippen molar-refractivity contribution in [3.05, 3.63) is 33.8 Å². The lowest BCUT2D eigenvalue weighted by atomic mass is 10.2. The van der Waals surface area contributed by atoms with Gasteiger partial charge in [-0.05, 0) is 18.2 Å². The molecular weight excluding hydrogens is 392 g/mol. The lowest BCUT2D eigenvalue weighted by molar-refractivity contribution is -0.117. The molecule has 144 valence electrons. The van der Waals surface area contributed by atoms with Crippen LogP contribution < -0.4 is 15.4 Å². The molecule has 27 heavy (non-hydrogen) atoms. The minimum Gasteiger partial charge on any atom is -0.495 e. The first-order chi connectivity index (χ1) is 13.0. The number of hydrogen-bond acceptors (Lipinski definition) is 7. The standard InChI is InChI=1S/C17H19ClN4O4S/c1-25-13-4-3-10(18)7-12(13)19-15(23)9-22-6-5-11-14(8-22)27-16(20-11)21-17(24)26-2/h3-4,7H,5-6,8-9H2,1-2H3,(H,19,23)(H,20,21,24). The zero-order chi connectivity index (χ0) is 19.4. The van der Waals surface area contributed by atoms with Crippen LogP contribution in [0.3, 0.4) is 0 Å². The Bertz CT molecular complexity index is 857. The zero-order valence-electron chi connectivity index (χ0n) is 14.9. The fourth-order valence-electron chi connectivity index (χ4n) is 2.75. The van der Waals surface area contributed by atoms with Gasteiger partial charge in [0.2, 0.25) is 5.91 Å². The smallest absolute Gasteiger partial charge is 0.413 e. The number of thiazole rings is 1. The van der Waals surface area contributed by atoms with Crippen molar-refractivity contribution in [2.24, 2.45) is 0 Å². The molecule has 0 radical (unpaired) electrons. The number of fused-ring (bicyclic) bond motifs is 1. The predicted molar refractivity (Wildman–Crippen MR) is 104 cm³/mol. The summed E-state index contributed by atoms with van der Waals surface area (Å²) in [5.41, 5.74) is 1.48. The second-order valence-electron chi connectivity index (χ2n) is 5.86. The molecule has 0 saturated carbocycles. The normalized spacial score (nSPS) is 13.6. The molecule has 8 nitrogen and oxygen atoms in total. The summed E-state index contributed by atoms with van der Waals surface area (Å²) in [5, 5.41) is 6.43. The molecule has 10 heteroatoms. The molecule has 0 unspecified atom stereocenters. The number of methoxy groups -OCH3 is 2. The van der Waals surface area contributed by atoms with Gasteiger partial charge >= 0.3 is 6.09 Å². The summed E-state index contributed by atoms with van der Waals surface area (Å²) in [7, 11) is 2.84. The minimum absolute atomic E-state index is 0.156. The van der Waals surface area contributed by atoms with E-state index in [9.17, 15) is 9.59 Å². The number of hydrogen-bond donors (Lipinski definition) is 2. The molecule has 0 aliphatic carbocycles. The van der Waals surface area contributed by atoms with E-state index in [0.29, 0.717) is 41.1 Å². The number of benzene rings is 1. The zero-order valence-corrected chi connectivity index (χ0v) is 16.4. The Kier molecular flexibility index (Phi) is 6.15. The first-order valence-corrected chi connectivity index (χ1v) is 9.37. The van der Waals surface area contributed by atoms with Crippen molar-refractivity contribution in [3.63, 3.8) is 0 Å². The molecule has 2 aromatic rings. The van der Waals surface area contributed by atoms with E-state index >= 15 is 0 Å². The Hall–Kier alpha value is -2.36. The predicted octanol–water partition coefficient (Wildman–Crippen LogP) is 2.98. The van der Waals surface area contributed by atoms with Gasteiger partial charge in [0, 0.05) is 29.4 Å². The summed E-state index contributed by atoms with van der Waals surface area (Å²) in [6.07, 6.45) is 0.162. The maximum absolute atomic E-state index is 12.4. The third kappa shape index (κ3) is 4.88. The van der Waals surface area contributed by atoms with Crippen molar-refractivity contribution in [2.75, 3.05) is 37.9 Å². The van der Waals surface area contributed by atoms with E-state index in [-0.39, 0.29) is 12.5 Å². The third-order valence-corrected chi connectivity index (χ3v) is 5.24. The average molecular weight is 411 g/mol. The number of aromatic nitrogens is 1. The Morgan fingerprint density at radius 1 is 1.33 bits per heavy atom. The van der Waals surface area contributed by atoms with E-state index in [1.54, 1.807) is 18.2 Å². The highest BCUT2D eigenvalue weighted by molar-refractivity contribution is 7.15. The molecular formula is C17H19ClN4O4S. The van der Waals surface area contributed by atoms with Crippen LogP contribution in [-0.4, -0.2) is 49.2 Å². The molecule has 2 heterocycles. The van der Waals surface area contributed by atoms with Crippen molar-refractivity contribution in [1.82, 2.24) is 9.88 Å². The second kappa shape index (κ2) is 8.55. The molecule has 1 aliphatic rings. The number of nitrogens with zero attached hydrogens (tertiary/aromatic N) is 2. The molecule has 3 rings (SSSR count). The molecule has 0 fully saturated rings. The monoisotopic (exact) mass is 410 g/mol. The summed E-state index contributed by atoms with van der Waals surface area (Å²) in [6, 6.07) is 5.06. The van der Waals surface area contributed by atoms with Gasteiger partial charge in [-0.15, -0.1) is 0 Å².